The standard InChI is InChI=1S/C10H20O3/c1-4-5-6-7-9(12)10(3,13)8(2)11/h8,11,13H,4-7H2,1-3H3/t8-,10-/m0/s1. The average molecular weight is 188 g/mol. The smallest absolute Gasteiger partial charge is 0.166 e. The van der Waals surface area contributed by atoms with E-state index in [-0.39, 0.29) is 5.78 Å². The monoisotopic (exact) mass is 188 g/mol. The summed E-state index contributed by atoms with van der Waals surface area (Å²) in [5.74, 6) is -0.268. The van der Waals surface area contributed by atoms with Gasteiger partial charge in [0.1, 0.15) is 5.60 Å². The molecule has 2 N–H and O–H groups in total. The second-order valence-corrected chi connectivity index (χ2v) is 3.70. The van der Waals surface area contributed by atoms with Gasteiger partial charge in [-0.1, -0.05) is 19.8 Å². The van der Waals surface area contributed by atoms with Gasteiger partial charge in [-0.05, 0) is 20.3 Å². The number of unbranched alkanes of at least 4 members (excludes halogenated alkanes) is 2. The molecule has 13 heavy (non-hydrogen) atoms. The lowest BCUT2D eigenvalue weighted by molar-refractivity contribution is -0.146. The molecule has 0 spiro atoms. The summed E-state index contributed by atoms with van der Waals surface area (Å²) < 4.78 is 0. The van der Waals surface area contributed by atoms with Crippen molar-refractivity contribution >= 4 is 5.78 Å². The van der Waals surface area contributed by atoms with Crippen LogP contribution >= 0.6 is 0 Å². The third kappa shape index (κ3) is 3.87. The maximum atomic E-state index is 11.4. The first-order valence-electron chi connectivity index (χ1n) is 4.86. The number of aliphatic hydroxyl groups excluding tert-OH is 1. The van der Waals surface area contributed by atoms with Crippen LogP contribution in [0.2, 0.25) is 0 Å². The van der Waals surface area contributed by atoms with Crippen LogP contribution in [0.25, 0.3) is 0 Å². The summed E-state index contributed by atoms with van der Waals surface area (Å²) in [6.07, 6.45) is 2.18. The summed E-state index contributed by atoms with van der Waals surface area (Å²) >= 11 is 0. The zero-order chi connectivity index (χ0) is 10.5. The average Bonchev–Trinajstić information content (AvgIpc) is 2.04. The molecule has 0 radical (unpaired) electrons. The third-order valence-corrected chi connectivity index (χ3v) is 2.39. The predicted octanol–water partition coefficient (Wildman–Crippen LogP) is 1.27. The first kappa shape index (κ1) is 12.6. The molecule has 0 aromatic heterocycles. The number of ketones is 1. The molecule has 0 aliphatic heterocycles. The second-order valence-electron chi connectivity index (χ2n) is 3.70. The molecule has 3 heteroatoms. The van der Waals surface area contributed by atoms with Crippen LogP contribution in [-0.2, 0) is 4.79 Å². The number of rotatable bonds is 6. The number of hydrogen-bond donors (Lipinski definition) is 2. The molecule has 0 saturated carbocycles. The van der Waals surface area contributed by atoms with Crippen molar-refractivity contribution in [3.8, 4) is 0 Å². The Morgan fingerprint density at radius 1 is 1.46 bits per heavy atom. The van der Waals surface area contributed by atoms with E-state index in [1.165, 1.54) is 13.8 Å². The van der Waals surface area contributed by atoms with Gasteiger partial charge in [0, 0.05) is 6.42 Å². The van der Waals surface area contributed by atoms with Crippen molar-refractivity contribution in [1.82, 2.24) is 0 Å². The molecule has 0 bridgehead atoms. The Bertz CT molecular complexity index is 162. The van der Waals surface area contributed by atoms with E-state index >= 15 is 0 Å². The molecule has 0 saturated heterocycles. The van der Waals surface area contributed by atoms with Gasteiger partial charge in [-0.15, -0.1) is 0 Å². The Labute approximate surface area is 79.8 Å². The quantitative estimate of drug-likeness (QED) is 0.617. The van der Waals surface area contributed by atoms with Crippen molar-refractivity contribution in [3.05, 3.63) is 0 Å². The fourth-order valence-electron chi connectivity index (χ4n) is 1.02. The Morgan fingerprint density at radius 3 is 2.38 bits per heavy atom. The van der Waals surface area contributed by atoms with Crippen LogP contribution in [0.5, 0.6) is 0 Å². The largest absolute Gasteiger partial charge is 0.390 e. The number of aliphatic hydroxyl groups is 2. The zero-order valence-corrected chi connectivity index (χ0v) is 8.71. The molecule has 0 unspecified atom stereocenters. The topological polar surface area (TPSA) is 57.5 Å². The highest BCUT2D eigenvalue weighted by molar-refractivity contribution is 5.87. The van der Waals surface area contributed by atoms with Gasteiger partial charge < -0.3 is 10.2 Å². The third-order valence-electron chi connectivity index (χ3n) is 2.39. The van der Waals surface area contributed by atoms with Gasteiger partial charge in [0.25, 0.3) is 0 Å². The van der Waals surface area contributed by atoms with Crippen LogP contribution in [0.15, 0.2) is 0 Å². The molecule has 2 atom stereocenters. The molecular weight excluding hydrogens is 168 g/mol. The van der Waals surface area contributed by atoms with E-state index in [1.807, 2.05) is 0 Å². The maximum absolute atomic E-state index is 11.4. The highest BCUT2D eigenvalue weighted by atomic mass is 16.3. The fourth-order valence-corrected chi connectivity index (χ4v) is 1.02. The molecular formula is C10H20O3. The van der Waals surface area contributed by atoms with Crippen LogP contribution in [0.4, 0.5) is 0 Å². The maximum Gasteiger partial charge on any atom is 0.166 e. The summed E-state index contributed by atoms with van der Waals surface area (Å²) in [5, 5.41) is 18.7. The molecule has 0 heterocycles. The summed E-state index contributed by atoms with van der Waals surface area (Å²) in [5.41, 5.74) is -1.58. The first-order valence-corrected chi connectivity index (χ1v) is 4.86. The van der Waals surface area contributed by atoms with Crippen molar-refractivity contribution in [2.24, 2.45) is 0 Å². The van der Waals surface area contributed by atoms with Gasteiger partial charge in [-0.2, -0.15) is 0 Å². The van der Waals surface area contributed by atoms with Crippen LogP contribution in [0.1, 0.15) is 46.5 Å². The second kappa shape index (κ2) is 5.35. The predicted molar refractivity (Wildman–Crippen MR) is 51.5 cm³/mol. The highest BCUT2D eigenvalue weighted by Gasteiger charge is 2.34. The van der Waals surface area contributed by atoms with E-state index in [4.69, 9.17) is 5.11 Å². The number of carbonyl (C=O) groups is 1. The zero-order valence-electron chi connectivity index (χ0n) is 8.71. The van der Waals surface area contributed by atoms with Gasteiger partial charge in [0.05, 0.1) is 6.10 Å². The lowest BCUT2D eigenvalue weighted by Crippen LogP contribution is -2.45. The number of carbonyl (C=O) groups excluding carboxylic acids is 1. The van der Waals surface area contributed by atoms with Gasteiger partial charge >= 0.3 is 0 Å². The van der Waals surface area contributed by atoms with Gasteiger partial charge in [-0.3, -0.25) is 4.79 Å². The van der Waals surface area contributed by atoms with Crippen LogP contribution in [0, 0.1) is 0 Å². The number of hydrogen-bond acceptors (Lipinski definition) is 3. The van der Waals surface area contributed by atoms with E-state index in [0.717, 1.165) is 19.3 Å². The van der Waals surface area contributed by atoms with E-state index in [1.54, 1.807) is 0 Å². The van der Waals surface area contributed by atoms with E-state index < -0.39 is 11.7 Å². The Morgan fingerprint density at radius 2 is 2.00 bits per heavy atom. The lowest BCUT2D eigenvalue weighted by atomic mass is 9.91. The van der Waals surface area contributed by atoms with Crippen molar-refractivity contribution < 1.29 is 15.0 Å². The van der Waals surface area contributed by atoms with Crippen molar-refractivity contribution in [1.29, 1.82) is 0 Å². The molecule has 78 valence electrons. The van der Waals surface area contributed by atoms with E-state index in [2.05, 4.69) is 6.92 Å². The SMILES string of the molecule is CCCCCC(=O)[C@@](C)(O)[C@H](C)O. The lowest BCUT2D eigenvalue weighted by Gasteiger charge is -2.24. The number of Topliss-reactive ketones (excluding diaryl/α,β-unsaturated/α-hetero) is 1. The van der Waals surface area contributed by atoms with Crippen molar-refractivity contribution in [2.75, 3.05) is 0 Å². The molecule has 0 aliphatic carbocycles. The summed E-state index contributed by atoms with van der Waals surface area (Å²) in [6, 6.07) is 0. The van der Waals surface area contributed by atoms with E-state index in [9.17, 15) is 9.90 Å². The molecule has 0 rings (SSSR count). The van der Waals surface area contributed by atoms with Gasteiger partial charge in [-0.25, -0.2) is 0 Å². The first-order chi connectivity index (χ1) is 5.92. The minimum atomic E-state index is -1.58. The molecule has 3 nitrogen and oxygen atoms in total. The molecule has 0 aliphatic rings. The van der Waals surface area contributed by atoms with Crippen molar-refractivity contribution in [3.63, 3.8) is 0 Å². The summed E-state index contributed by atoms with van der Waals surface area (Å²) in [4.78, 5) is 11.4. The van der Waals surface area contributed by atoms with Crippen molar-refractivity contribution in [2.45, 2.75) is 58.2 Å². The van der Waals surface area contributed by atoms with E-state index in [0.29, 0.717) is 6.42 Å². The van der Waals surface area contributed by atoms with Gasteiger partial charge in [0.2, 0.25) is 0 Å². The Balaban J connectivity index is 3.95. The Hall–Kier alpha value is -0.410. The minimum Gasteiger partial charge on any atom is -0.390 e. The van der Waals surface area contributed by atoms with Crippen LogP contribution < -0.4 is 0 Å². The van der Waals surface area contributed by atoms with Crippen LogP contribution in [-0.4, -0.2) is 27.7 Å². The van der Waals surface area contributed by atoms with Gasteiger partial charge in [0.15, 0.2) is 5.78 Å². The highest BCUT2D eigenvalue weighted by Crippen LogP contribution is 2.15. The Kier molecular flexibility index (Phi) is 5.18. The normalized spacial score (nSPS) is 17.9. The molecule has 0 amide bonds. The summed E-state index contributed by atoms with van der Waals surface area (Å²) in [6.45, 7) is 4.85. The fraction of sp³-hybridized carbons (Fsp3) is 0.900. The van der Waals surface area contributed by atoms with Crippen LogP contribution in [0.3, 0.4) is 0 Å². The molecule has 0 fully saturated rings. The summed E-state index contributed by atoms with van der Waals surface area (Å²) in [7, 11) is 0. The molecule has 0 aromatic rings. The molecule has 0 aromatic carbocycles. The minimum absolute atomic E-state index is 0.268.